The van der Waals surface area contributed by atoms with E-state index in [4.69, 9.17) is 4.74 Å². The smallest absolute Gasteiger partial charge is 0.0594 e. The quantitative estimate of drug-likeness (QED) is 0.844. The SMILES string of the molecule is C(=C/C(c1ccccc1)N1CCOCC1)/c1ccccc1. The Labute approximate surface area is 126 Å². The van der Waals surface area contributed by atoms with Gasteiger partial charge in [-0.05, 0) is 11.1 Å². The average Bonchev–Trinajstić information content (AvgIpc) is 2.58. The molecule has 0 aromatic heterocycles. The largest absolute Gasteiger partial charge is 0.379 e. The molecule has 0 N–H and O–H groups in total. The van der Waals surface area contributed by atoms with E-state index in [1.165, 1.54) is 11.1 Å². The highest BCUT2D eigenvalue weighted by Crippen LogP contribution is 2.24. The van der Waals surface area contributed by atoms with Gasteiger partial charge in [0.05, 0.1) is 19.3 Å². The molecule has 1 aliphatic heterocycles. The van der Waals surface area contributed by atoms with Crippen molar-refractivity contribution >= 4 is 6.08 Å². The number of hydrogen-bond acceptors (Lipinski definition) is 2. The molecule has 1 fully saturated rings. The fourth-order valence-corrected chi connectivity index (χ4v) is 2.72. The summed E-state index contributed by atoms with van der Waals surface area (Å²) in [5.74, 6) is 0. The molecule has 0 aliphatic carbocycles. The van der Waals surface area contributed by atoms with Gasteiger partial charge in [0.2, 0.25) is 0 Å². The maximum Gasteiger partial charge on any atom is 0.0594 e. The number of rotatable bonds is 4. The lowest BCUT2D eigenvalue weighted by molar-refractivity contribution is 0.0254. The van der Waals surface area contributed by atoms with Gasteiger partial charge in [-0.25, -0.2) is 0 Å². The number of morpholine rings is 1. The van der Waals surface area contributed by atoms with Crippen LogP contribution in [0.4, 0.5) is 0 Å². The second-order valence-corrected chi connectivity index (χ2v) is 5.27. The number of benzene rings is 2. The summed E-state index contributed by atoms with van der Waals surface area (Å²) in [6, 6.07) is 21.5. The van der Waals surface area contributed by atoms with E-state index in [1.807, 2.05) is 6.07 Å². The third-order valence-electron chi connectivity index (χ3n) is 3.85. The van der Waals surface area contributed by atoms with Gasteiger partial charge in [-0.3, -0.25) is 4.90 Å². The molecule has 1 atom stereocenters. The van der Waals surface area contributed by atoms with Gasteiger partial charge < -0.3 is 4.74 Å². The number of hydrogen-bond donors (Lipinski definition) is 0. The van der Waals surface area contributed by atoms with E-state index in [9.17, 15) is 0 Å². The fraction of sp³-hybridized carbons (Fsp3) is 0.263. The van der Waals surface area contributed by atoms with Crippen LogP contribution in [0.5, 0.6) is 0 Å². The topological polar surface area (TPSA) is 12.5 Å². The molecular formula is C19H21NO. The van der Waals surface area contributed by atoms with Crippen molar-refractivity contribution in [2.45, 2.75) is 6.04 Å². The van der Waals surface area contributed by atoms with Crippen molar-refractivity contribution in [3.05, 3.63) is 77.9 Å². The van der Waals surface area contributed by atoms with Crippen molar-refractivity contribution in [3.8, 4) is 0 Å². The summed E-state index contributed by atoms with van der Waals surface area (Å²) in [6.45, 7) is 3.61. The van der Waals surface area contributed by atoms with Crippen LogP contribution in [0.15, 0.2) is 66.7 Å². The van der Waals surface area contributed by atoms with Gasteiger partial charge in [0.1, 0.15) is 0 Å². The lowest BCUT2D eigenvalue weighted by Crippen LogP contribution is -2.38. The lowest BCUT2D eigenvalue weighted by Gasteiger charge is -2.33. The Balaban J connectivity index is 1.83. The third-order valence-corrected chi connectivity index (χ3v) is 3.85. The summed E-state index contributed by atoms with van der Waals surface area (Å²) < 4.78 is 5.48. The molecule has 0 radical (unpaired) electrons. The first kappa shape index (κ1) is 14.1. The second kappa shape index (κ2) is 7.21. The van der Waals surface area contributed by atoms with E-state index in [0.29, 0.717) is 6.04 Å². The Morgan fingerprint density at radius 3 is 2.14 bits per heavy atom. The molecular weight excluding hydrogens is 258 g/mol. The lowest BCUT2D eigenvalue weighted by atomic mass is 10.0. The molecule has 0 spiro atoms. The van der Waals surface area contributed by atoms with Crippen LogP contribution < -0.4 is 0 Å². The van der Waals surface area contributed by atoms with Crippen molar-refractivity contribution < 1.29 is 4.74 Å². The maximum atomic E-state index is 5.48. The van der Waals surface area contributed by atoms with Crippen LogP contribution in [0.3, 0.4) is 0 Å². The second-order valence-electron chi connectivity index (χ2n) is 5.27. The summed E-state index contributed by atoms with van der Waals surface area (Å²) in [7, 11) is 0. The van der Waals surface area contributed by atoms with Crippen molar-refractivity contribution in [1.82, 2.24) is 4.90 Å². The van der Waals surface area contributed by atoms with Crippen molar-refractivity contribution in [3.63, 3.8) is 0 Å². The molecule has 2 aromatic carbocycles. The molecule has 2 heteroatoms. The molecule has 1 saturated heterocycles. The normalized spacial score (nSPS) is 17.9. The first-order chi connectivity index (χ1) is 10.4. The van der Waals surface area contributed by atoms with Crippen LogP contribution >= 0.6 is 0 Å². The number of ether oxygens (including phenoxy) is 1. The Morgan fingerprint density at radius 2 is 1.48 bits per heavy atom. The zero-order valence-corrected chi connectivity index (χ0v) is 12.2. The van der Waals surface area contributed by atoms with E-state index in [2.05, 4.69) is 71.6 Å². The molecule has 1 aliphatic rings. The molecule has 0 saturated carbocycles. The average molecular weight is 279 g/mol. The van der Waals surface area contributed by atoms with E-state index >= 15 is 0 Å². The van der Waals surface area contributed by atoms with E-state index in [0.717, 1.165) is 26.3 Å². The Morgan fingerprint density at radius 1 is 0.857 bits per heavy atom. The zero-order chi connectivity index (χ0) is 14.3. The molecule has 108 valence electrons. The van der Waals surface area contributed by atoms with Gasteiger partial charge in [-0.2, -0.15) is 0 Å². The first-order valence-electron chi connectivity index (χ1n) is 7.53. The summed E-state index contributed by atoms with van der Waals surface area (Å²) in [4.78, 5) is 2.48. The minimum absolute atomic E-state index is 0.315. The summed E-state index contributed by atoms with van der Waals surface area (Å²) >= 11 is 0. The van der Waals surface area contributed by atoms with E-state index in [-0.39, 0.29) is 0 Å². The predicted octanol–water partition coefficient (Wildman–Crippen LogP) is 3.77. The van der Waals surface area contributed by atoms with Gasteiger partial charge >= 0.3 is 0 Å². The highest BCUT2D eigenvalue weighted by molar-refractivity contribution is 5.50. The maximum absolute atomic E-state index is 5.48. The molecule has 0 amide bonds. The minimum atomic E-state index is 0.315. The summed E-state index contributed by atoms with van der Waals surface area (Å²) in [5.41, 5.74) is 2.58. The Hall–Kier alpha value is -1.90. The molecule has 1 unspecified atom stereocenters. The van der Waals surface area contributed by atoms with Crippen LogP contribution in [0.2, 0.25) is 0 Å². The van der Waals surface area contributed by atoms with Crippen LogP contribution in [-0.4, -0.2) is 31.2 Å². The van der Waals surface area contributed by atoms with E-state index < -0.39 is 0 Å². The van der Waals surface area contributed by atoms with Crippen molar-refractivity contribution in [2.75, 3.05) is 26.3 Å². The first-order valence-corrected chi connectivity index (χ1v) is 7.53. The molecule has 21 heavy (non-hydrogen) atoms. The minimum Gasteiger partial charge on any atom is -0.379 e. The summed E-state index contributed by atoms with van der Waals surface area (Å²) in [6.07, 6.45) is 4.52. The fourth-order valence-electron chi connectivity index (χ4n) is 2.72. The highest BCUT2D eigenvalue weighted by atomic mass is 16.5. The number of nitrogens with zero attached hydrogens (tertiary/aromatic N) is 1. The van der Waals surface area contributed by atoms with Crippen LogP contribution in [0.25, 0.3) is 6.08 Å². The van der Waals surface area contributed by atoms with Crippen LogP contribution in [0, 0.1) is 0 Å². The molecule has 1 heterocycles. The highest BCUT2D eigenvalue weighted by Gasteiger charge is 2.19. The van der Waals surface area contributed by atoms with Gasteiger partial charge in [0.15, 0.2) is 0 Å². The van der Waals surface area contributed by atoms with Gasteiger partial charge in [0.25, 0.3) is 0 Å². The monoisotopic (exact) mass is 279 g/mol. The molecule has 0 bridgehead atoms. The molecule has 3 rings (SSSR count). The molecule has 2 aromatic rings. The van der Waals surface area contributed by atoms with Crippen molar-refractivity contribution in [2.24, 2.45) is 0 Å². The van der Waals surface area contributed by atoms with Gasteiger partial charge in [-0.1, -0.05) is 72.8 Å². The summed E-state index contributed by atoms with van der Waals surface area (Å²) in [5, 5.41) is 0. The van der Waals surface area contributed by atoms with Gasteiger partial charge in [0, 0.05) is 13.1 Å². The van der Waals surface area contributed by atoms with E-state index in [1.54, 1.807) is 0 Å². The van der Waals surface area contributed by atoms with Crippen LogP contribution in [-0.2, 0) is 4.74 Å². The third kappa shape index (κ3) is 3.81. The standard InChI is InChI=1S/C19H21NO/c1-3-7-17(8-4-1)11-12-19(18-9-5-2-6-10-18)20-13-15-21-16-14-20/h1-12,19H,13-16H2/b12-11-. The Kier molecular flexibility index (Phi) is 4.82. The predicted molar refractivity (Wildman–Crippen MR) is 87.1 cm³/mol. The molecule has 2 nitrogen and oxygen atoms in total. The van der Waals surface area contributed by atoms with Gasteiger partial charge in [-0.15, -0.1) is 0 Å². The zero-order valence-electron chi connectivity index (χ0n) is 12.2. The van der Waals surface area contributed by atoms with Crippen LogP contribution in [0.1, 0.15) is 17.2 Å². The van der Waals surface area contributed by atoms with Crippen molar-refractivity contribution in [1.29, 1.82) is 0 Å². The Bertz CT molecular complexity index is 559.